The van der Waals surface area contributed by atoms with E-state index in [9.17, 15) is 0 Å². The van der Waals surface area contributed by atoms with Crippen molar-refractivity contribution in [3.8, 4) is 0 Å². The number of nitrogens with two attached hydrogens (primary N) is 1. The quantitative estimate of drug-likeness (QED) is 0.820. The van der Waals surface area contributed by atoms with Crippen molar-refractivity contribution in [2.45, 2.75) is 34.6 Å². The molecule has 2 nitrogen and oxygen atoms in total. The van der Waals surface area contributed by atoms with E-state index in [0.29, 0.717) is 11.8 Å². The van der Waals surface area contributed by atoms with E-state index in [1.165, 1.54) is 22.4 Å². The molecular weight excluding hydrogens is 208 g/mol. The average Bonchev–Trinajstić information content (AvgIpc) is 2.25. The van der Waals surface area contributed by atoms with Crippen LogP contribution in [0.3, 0.4) is 0 Å². The molecule has 0 saturated heterocycles. The van der Waals surface area contributed by atoms with Crippen LogP contribution in [0.15, 0.2) is 12.1 Å². The fraction of sp³-hybridized carbons (Fsp3) is 0.600. The van der Waals surface area contributed by atoms with Gasteiger partial charge in [0, 0.05) is 12.2 Å². The third-order valence-corrected chi connectivity index (χ3v) is 3.64. The number of nitrogens with one attached hydrogen (secondary N) is 1. The van der Waals surface area contributed by atoms with Crippen molar-refractivity contribution in [1.29, 1.82) is 0 Å². The third kappa shape index (κ3) is 3.74. The lowest BCUT2D eigenvalue weighted by Crippen LogP contribution is -2.27. The molecule has 1 unspecified atom stereocenters. The maximum absolute atomic E-state index is 5.79. The average molecular weight is 234 g/mol. The predicted octanol–water partition coefficient (Wildman–Crippen LogP) is 3.25. The molecule has 17 heavy (non-hydrogen) atoms. The summed E-state index contributed by atoms with van der Waals surface area (Å²) in [6.07, 6.45) is 0. The van der Waals surface area contributed by atoms with Crippen LogP contribution in [0.4, 0.5) is 5.69 Å². The summed E-state index contributed by atoms with van der Waals surface area (Å²) < 4.78 is 0. The molecular formula is C15H26N2. The molecule has 0 bridgehead atoms. The molecule has 0 spiro atoms. The second-order valence-electron chi connectivity index (χ2n) is 5.37. The topological polar surface area (TPSA) is 38.0 Å². The number of hydrogen-bond donors (Lipinski definition) is 2. The Labute approximate surface area is 106 Å². The summed E-state index contributed by atoms with van der Waals surface area (Å²) in [5.41, 5.74) is 11.0. The van der Waals surface area contributed by atoms with Crippen molar-refractivity contribution in [1.82, 2.24) is 0 Å². The van der Waals surface area contributed by atoms with E-state index < -0.39 is 0 Å². The smallest absolute Gasteiger partial charge is 0.0372 e. The molecule has 0 aliphatic carbocycles. The Balaban J connectivity index is 2.72. The Hall–Kier alpha value is -1.02. The molecule has 2 heteroatoms. The Morgan fingerprint density at radius 1 is 1.06 bits per heavy atom. The normalized spacial score (nSPS) is 12.9. The molecule has 0 amide bonds. The molecule has 1 rings (SSSR count). The zero-order valence-electron chi connectivity index (χ0n) is 11.8. The molecule has 1 aromatic rings. The highest BCUT2D eigenvalue weighted by atomic mass is 14.9. The number of benzene rings is 1. The van der Waals surface area contributed by atoms with Crippen LogP contribution in [0, 0.1) is 32.6 Å². The standard InChI is InChI=1S/C15H26N2/c1-10(2)14(8-16)9-17-15-7-12(4)11(3)6-13(15)5/h6-7,10,14,17H,8-9,16H2,1-5H3. The van der Waals surface area contributed by atoms with Crippen LogP contribution in [-0.2, 0) is 0 Å². The van der Waals surface area contributed by atoms with Crippen LogP contribution in [0.1, 0.15) is 30.5 Å². The lowest BCUT2D eigenvalue weighted by Gasteiger charge is -2.21. The van der Waals surface area contributed by atoms with E-state index in [1.807, 2.05) is 0 Å². The van der Waals surface area contributed by atoms with Crippen molar-refractivity contribution >= 4 is 5.69 Å². The van der Waals surface area contributed by atoms with Gasteiger partial charge in [-0.1, -0.05) is 19.9 Å². The van der Waals surface area contributed by atoms with Gasteiger partial charge in [0.25, 0.3) is 0 Å². The minimum absolute atomic E-state index is 0.538. The van der Waals surface area contributed by atoms with Crippen LogP contribution >= 0.6 is 0 Å². The minimum Gasteiger partial charge on any atom is -0.384 e. The molecule has 0 aliphatic rings. The number of anilines is 1. The summed E-state index contributed by atoms with van der Waals surface area (Å²) in [4.78, 5) is 0. The fourth-order valence-corrected chi connectivity index (χ4v) is 1.98. The molecule has 0 fully saturated rings. The molecule has 0 aliphatic heterocycles. The molecule has 0 radical (unpaired) electrons. The first-order chi connectivity index (χ1) is 7.95. The maximum Gasteiger partial charge on any atom is 0.0372 e. The molecule has 1 atom stereocenters. The van der Waals surface area contributed by atoms with Crippen LogP contribution in [0.5, 0.6) is 0 Å². The van der Waals surface area contributed by atoms with E-state index >= 15 is 0 Å². The monoisotopic (exact) mass is 234 g/mol. The second kappa shape index (κ2) is 6.06. The van der Waals surface area contributed by atoms with Gasteiger partial charge in [0.05, 0.1) is 0 Å². The van der Waals surface area contributed by atoms with Crippen LogP contribution in [0.2, 0.25) is 0 Å². The predicted molar refractivity (Wildman–Crippen MR) is 76.5 cm³/mol. The summed E-state index contributed by atoms with van der Waals surface area (Å²) in [6.45, 7) is 12.6. The van der Waals surface area contributed by atoms with E-state index in [-0.39, 0.29) is 0 Å². The summed E-state index contributed by atoms with van der Waals surface area (Å²) in [5.74, 6) is 1.16. The molecule has 0 saturated carbocycles. The van der Waals surface area contributed by atoms with Gasteiger partial charge >= 0.3 is 0 Å². The lowest BCUT2D eigenvalue weighted by atomic mass is 9.95. The first-order valence-electron chi connectivity index (χ1n) is 6.47. The van der Waals surface area contributed by atoms with E-state index in [2.05, 4.69) is 52.1 Å². The Bertz CT molecular complexity index is 369. The summed E-state index contributed by atoms with van der Waals surface area (Å²) in [7, 11) is 0. The largest absolute Gasteiger partial charge is 0.384 e. The lowest BCUT2D eigenvalue weighted by molar-refractivity contribution is 0.413. The third-order valence-electron chi connectivity index (χ3n) is 3.64. The van der Waals surface area contributed by atoms with Gasteiger partial charge < -0.3 is 11.1 Å². The SMILES string of the molecule is Cc1cc(C)c(NCC(CN)C(C)C)cc1C. The van der Waals surface area contributed by atoms with Gasteiger partial charge in [-0.3, -0.25) is 0 Å². The van der Waals surface area contributed by atoms with Crippen LogP contribution in [0.25, 0.3) is 0 Å². The zero-order chi connectivity index (χ0) is 13.0. The Morgan fingerprint density at radius 3 is 2.18 bits per heavy atom. The van der Waals surface area contributed by atoms with E-state index in [1.54, 1.807) is 0 Å². The summed E-state index contributed by atoms with van der Waals surface area (Å²) in [6, 6.07) is 4.48. The van der Waals surface area contributed by atoms with Gasteiger partial charge in [0.1, 0.15) is 0 Å². The highest BCUT2D eigenvalue weighted by molar-refractivity contribution is 5.54. The highest BCUT2D eigenvalue weighted by Gasteiger charge is 2.11. The summed E-state index contributed by atoms with van der Waals surface area (Å²) >= 11 is 0. The van der Waals surface area contributed by atoms with Crippen molar-refractivity contribution in [2.75, 3.05) is 18.4 Å². The van der Waals surface area contributed by atoms with E-state index in [0.717, 1.165) is 13.1 Å². The Morgan fingerprint density at radius 2 is 1.65 bits per heavy atom. The van der Waals surface area contributed by atoms with Gasteiger partial charge in [-0.25, -0.2) is 0 Å². The van der Waals surface area contributed by atoms with Gasteiger partial charge in [-0.15, -0.1) is 0 Å². The van der Waals surface area contributed by atoms with Crippen molar-refractivity contribution in [2.24, 2.45) is 17.6 Å². The molecule has 1 aromatic carbocycles. The van der Waals surface area contributed by atoms with Crippen molar-refractivity contribution in [3.63, 3.8) is 0 Å². The van der Waals surface area contributed by atoms with Crippen molar-refractivity contribution in [3.05, 3.63) is 28.8 Å². The first kappa shape index (κ1) is 14.0. The maximum atomic E-state index is 5.79. The number of rotatable bonds is 5. The Kier molecular flexibility index (Phi) is 5.01. The first-order valence-corrected chi connectivity index (χ1v) is 6.47. The van der Waals surface area contributed by atoms with Crippen LogP contribution < -0.4 is 11.1 Å². The zero-order valence-corrected chi connectivity index (χ0v) is 11.8. The molecule has 0 aromatic heterocycles. The van der Waals surface area contributed by atoms with E-state index in [4.69, 9.17) is 5.73 Å². The number of hydrogen-bond acceptors (Lipinski definition) is 2. The molecule has 96 valence electrons. The van der Waals surface area contributed by atoms with Gasteiger partial charge in [-0.05, 0) is 61.9 Å². The van der Waals surface area contributed by atoms with Gasteiger partial charge in [-0.2, -0.15) is 0 Å². The van der Waals surface area contributed by atoms with Crippen LogP contribution in [-0.4, -0.2) is 13.1 Å². The van der Waals surface area contributed by atoms with Gasteiger partial charge in [0.15, 0.2) is 0 Å². The van der Waals surface area contributed by atoms with Gasteiger partial charge in [0.2, 0.25) is 0 Å². The minimum atomic E-state index is 0.538. The molecule has 0 heterocycles. The molecule has 3 N–H and O–H groups in total. The highest BCUT2D eigenvalue weighted by Crippen LogP contribution is 2.21. The number of aryl methyl sites for hydroxylation is 3. The van der Waals surface area contributed by atoms with Crippen molar-refractivity contribution < 1.29 is 0 Å². The summed E-state index contributed by atoms with van der Waals surface area (Å²) in [5, 5.41) is 3.53. The fourth-order valence-electron chi connectivity index (χ4n) is 1.98. The second-order valence-corrected chi connectivity index (χ2v) is 5.37.